The van der Waals surface area contributed by atoms with Crippen molar-refractivity contribution in [3.05, 3.63) is 0 Å². The molecule has 0 amide bonds. The second-order valence-electron chi connectivity index (χ2n) is 3.27. The first-order valence-corrected chi connectivity index (χ1v) is 4.54. The van der Waals surface area contributed by atoms with Gasteiger partial charge in [0, 0.05) is 6.42 Å². The summed E-state index contributed by atoms with van der Waals surface area (Å²) in [5.41, 5.74) is -5.67. The Morgan fingerprint density at radius 2 is 1.50 bits per heavy atom. The fraction of sp³-hybridized carbons (Fsp3) is 0.875. The van der Waals surface area contributed by atoms with Crippen LogP contribution in [0.15, 0.2) is 0 Å². The van der Waals surface area contributed by atoms with Crippen molar-refractivity contribution in [3.63, 3.8) is 0 Å². The lowest BCUT2D eigenvalue weighted by molar-refractivity contribution is -0.346. The molecule has 0 rings (SSSR count). The highest BCUT2D eigenvalue weighted by molar-refractivity contribution is 5.74. The summed E-state index contributed by atoms with van der Waals surface area (Å²) < 4.78 is 89.3. The molecule has 0 heterocycles. The quantitative estimate of drug-likeness (QED) is 0.636. The van der Waals surface area contributed by atoms with E-state index in [-0.39, 0.29) is 6.61 Å². The topological polar surface area (TPSA) is 46.5 Å². The Hall–Kier alpha value is -1.06. The monoisotopic (exact) mass is 286 g/mol. The molecule has 0 bridgehead atoms. The first kappa shape index (κ1) is 16.9. The van der Waals surface area contributed by atoms with Crippen molar-refractivity contribution in [2.45, 2.75) is 37.5 Å². The van der Waals surface area contributed by atoms with E-state index in [0.717, 1.165) is 0 Å². The largest absolute Gasteiger partial charge is 0.464 e. The molecule has 3 nitrogen and oxygen atoms in total. The Morgan fingerprint density at radius 3 is 1.78 bits per heavy atom. The number of esters is 1. The number of carbonyl (C=O) groups excluding carboxylic acids is 1. The van der Waals surface area contributed by atoms with Gasteiger partial charge in [-0.05, 0) is 6.92 Å². The summed E-state index contributed by atoms with van der Waals surface area (Å²) in [4.78, 5) is 10.7. The first-order valence-electron chi connectivity index (χ1n) is 4.54. The van der Waals surface area contributed by atoms with E-state index in [1.165, 1.54) is 6.92 Å². The first-order chi connectivity index (χ1) is 7.87. The van der Waals surface area contributed by atoms with E-state index < -0.39 is 36.5 Å². The van der Waals surface area contributed by atoms with Crippen LogP contribution in [-0.4, -0.2) is 41.8 Å². The molecule has 1 N–H and O–H groups in total. The van der Waals surface area contributed by atoms with Crippen molar-refractivity contribution in [1.82, 2.24) is 0 Å². The molecule has 0 aliphatic rings. The van der Waals surface area contributed by atoms with Gasteiger partial charge in [-0.2, -0.15) is 26.3 Å². The summed E-state index contributed by atoms with van der Waals surface area (Å²) in [6.07, 6.45) is -18.0. The maximum atomic E-state index is 13.0. The molecular weight excluding hydrogens is 277 g/mol. The van der Waals surface area contributed by atoms with Gasteiger partial charge >= 0.3 is 24.0 Å². The average molecular weight is 286 g/mol. The lowest BCUT2D eigenvalue weighted by Gasteiger charge is -2.30. The van der Waals surface area contributed by atoms with E-state index in [1.54, 1.807) is 0 Å². The van der Waals surface area contributed by atoms with Gasteiger partial charge in [-0.15, -0.1) is 0 Å². The molecule has 18 heavy (non-hydrogen) atoms. The number of carbonyl (C=O) groups is 1. The second kappa shape index (κ2) is 5.29. The summed E-state index contributed by atoms with van der Waals surface area (Å²) >= 11 is 0. The van der Waals surface area contributed by atoms with E-state index in [1.807, 2.05) is 0 Å². The normalized spacial score (nSPS) is 15.4. The molecule has 10 heteroatoms. The van der Waals surface area contributed by atoms with Crippen molar-refractivity contribution in [2.24, 2.45) is 0 Å². The third kappa shape index (κ3) is 3.47. The van der Waals surface area contributed by atoms with Gasteiger partial charge in [0.15, 0.2) is 6.10 Å². The van der Waals surface area contributed by atoms with Crippen molar-refractivity contribution >= 4 is 5.97 Å². The van der Waals surface area contributed by atoms with Gasteiger partial charge in [0.25, 0.3) is 0 Å². The van der Waals surface area contributed by atoms with Crippen LogP contribution in [-0.2, 0) is 9.53 Å². The van der Waals surface area contributed by atoms with Crippen LogP contribution >= 0.6 is 0 Å². The van der Waals surface area contributed by atoms with Crippen LogP contribution in [0.2, 0.25) is 0 Å². The van der Waals surface area contributed by atoms with E-state index in [4.69, 9.17) is 5.11 Å². The minimum Gasteiger partial charge on any atom is -0.464 e. The average Bonchev–Trinajstić information content (AvgIpc) is 2.14. The number of aliphatic hydroxyl groups is 1. The lowest BCUT2D eigenvalue weighted by atomic mass is 9.96. The van der Waals surface area contributed by atoms with Crippen LogP contribution in [0.25, 0.3) is 0 Å². The molecule has 0 fully saturated rings. The second-order valence-corrected chi connectivity index (χ2v) is 3.27. The van der Waals surface area contributed by atoms with Crippen LogP contribution in [0.5, 0.6) is 0 Å². The zero-order valence-electron chi connectivity index (χ0n) is 8.90. The minimum atomic E-state index is -6.31. The third-order valence-electron chi connectivity index (χ3n) is 1.93. The van der Waals surface area contributed by atoms with E-state index >= 15 is 0 Å². The van der Waals surface area contributed by atoms with E-state index in [0.29, 0.717) is 0 Å². The highest BCUT2D eigenvalue weighted by atomic mass is 19.4. The number of ether oxygens (including phenoxy) is 1. The molecule has 1 atom stereocenters. The van der Waals surface area contributed by atoms with Crippen molar-refractivity contribution in [2.75, 3.05) is 6.61 Å². The Labute approximate surface area is 96.5 Å². The summed E-state index contributed by atoms with van der Waals surface area (Å²) in [5, 5.41) is 8.80. The van der Waals surface area contributed by atoms with Crippen molar-refractivity contribution in [3.8, 4) is 0 Å². The molecule has 108 valence electrons. The van der Waals surface area contributed by atoms with Gasteiger partial charge < -0.3 is 9.84 Å². The van der Waals surface area contributed by atoms with Gasteiger partial charge in [-0.3, -0.25) is 0 Å². The lowest BCUT2D eigenvalue weighted by Crippen LogP contribution is -2.55. The van der Waals surface area contributed by atoms with Crippen molar-refractivity contribution < 1.29 is 45.4 Å². The van der Waals surface area contributed by atoms with Crippen LogP contribution in [0.1, 0.15) is 13.3 Å². The van der Waals surface area contributed by atoms with Crippen LogP contribution in [0.4, 0.5) is 30.7 Å². The fourth-order valence-corrected chi connectivity index (χ4v) is 0.980. The summed E-state index contributed by atoms with van der Waals surface area (Å²) in [6, 6.07) is 0. The molecule has 0 radical (unpaired) electrons. The predicted octanol–water partition coefficient (Wildman–Crippen LogP) is 2.13. The van der Waals surface area contributed by atoms with Gasteiger partial charge in [-0.1, -0.05) is 0 Å². The summed E-state index contributed by atoms with van der Waals surface area (Å²) in [5.74, 6) is -1.76. The van der Waals surface area contributed by atoms with E-state index in [2.05, 4.69) is 4.74 Å². The Morgan fingerprint density at radius 1 is 1.11 bits per heavy atom. The fourth-order valence-electron chi connectivity index (χ4n) is 0.980. The third-order valence-corrected chi connectivity index (χ3v) is 1.93. The summed E-state index contributed by atoms with van der Waals surface area (Å²) in [7, 11) is 0. The molecule has 0 aliphatic carbocycles. The molecule has 0 spiro atoms. The Kier molecular flexibility index (Phi) is 4.98. The Balaban J connectivity index is 5.12. The minimum absolute atomic E-state index is 0.382. The van der Waals surface area contributed by atoms with Gasteiger partial charge in [0.1, 0.15) is 0 Å². The van der Waals surface area contributed by atoms with Gasteiger partial charge in [0.05, 0.1) is 6.61 Å². The number of halogens is 7. The number of aliphatic hydroxyl groups excluding tert-OH is 1. The highest BCUT2D eigenvalue weighted by Gasteiger charge is 2.73. The maximum absolute atomic E-state index is 13.0. The summed E-state index contributed by atoms with van der Waals surface area (Å²) in [6.45, 7) is 0.827. The zero-order chi connectivity index (χ0) is 14.8. The predicted molar refractivity (Wildman–Crippen MR) is 43.2 cm³/mol. The van der Waals surface area contributed by atoms with E-state index in [9.17, 15) is 35.5 Å². The molecule has 1 unspecified atom stereocenters. The Bertz CT molecular complexity index is 282. The van der Waals surface area contributed by atoms with Crippen LogP contribution in [0.3, 0.4) is 0 Å². The SMILES string of the molecule is CCOC(=O)C(O)CC(F)(C(F)(F)F)C(F)(F)F. The molecule has 0 saturated carbocycles. The number of rotatable bonds is 4. The zero-order valence-corrected chi connectivity index (χ0v) is 8.90. The molecule has 0 aromatic carbocycles. The standard InChI is InChI=1S/C8H9F7O3/c1-2-18-5(17)4(16)3-6(9,7(10,11)12)8(13,14)15/h4,16H,2-3H2,1H3. The number of hydrogen-bond acceptors (Lipinski definition) is 3. The van der Waals surface area contributed by atoms with Gasteiger partial charge in [-0.25, -0.2) is 9.18 Å². The smallest absolute Gasteiger partial charge is 0.431 e. The molecular formula is C8H9F7O3. The van der Waals surface area contributed by atoms with Gasteiger partial charge in [0.2, 0.25) is 0 Å². The van der Waals surface area contributed by atoms with Crippen molar-refractivity contribution in [1.29, 1.82) is 0 Å². The molecule has 0 saturated heterocycles. The molecule has 0 aromatic heterocycles. The molecule has 0 aliphatic heterocycles. The number of alkyl halides is 7. The van der Waals surface area contributed by atoms with Crippen LogP contribution in [0, 0.1) is 0 Å². The number of hydrogen-bond donors (Lipinski definition) is 1. The maximum Gasteiger partial charge on any atom is 0.431 e. The molecule has 0 aromatic rings. The highest BCUT2D eigenvalue weighted by Crippen LogP contribution is 2.48. The van der Waals surface area contributed by atoms with Crippen LogP contribution < -0.4 is 0 Å².